The van der Waals surface area contributed by atoms with Crippen LogP contribution in [0.5, 0.6) is 5.75 Å². The molecule has 6 rings (SSSR count). The van der Waals surface area contributed by atoms with E-state index in [9.17, 15) is 14.9 Å². The number of carbonyl (C=O) groups excluding carboxylic acids is 2. The molecule has 1 aromatic heterocycles. The number of carbonyl (C=O) groups is 2. The van der Waals surface area contributed by atoms with Gasteiger partial charge >= 0.3 is 0 Å². The molecular formula is C28H22N8O3. The number of benzene rings is 2. The fourth-order valence-corrected chi connectivity index (χ4v) is 4.34. The number of hydrogen-bond acceptors (Lipinski definition) is 9. The number of nitrogens with one attached hydrogen (secondary N) is 2. The molecule has 11 heteroatoms. The Hall–Kier alpha value is -5.37. The maximum absolute atomic E-state index is 12.9. The van der Waals surface area contributed by atoms with Crippen LogP contribution in [0.25, 0.3) is 0 Å². The molecule has 3 aliphatic rings. The van der Waals surface area contributed by atoms with E-state index in [-0.39, 0.29) is 11.8 Å². The van der Waals surface area contributed by atoms with Crippen molar-refractivity contribution < 1.29 is 14.3 Å². The molecule has 2 aromatic carbocycles. The van der Waals surface area contributed by atoms with Crippen LogP contribution in [-0.2, 0) is 5.41 Å². The van der Waals surface area contributed by atoms with Gasteiger partial charge in [-0.2, -0.15) is 5.26 Å². The first-order valence-electron chi connectivity index (χ1n) is 12.3. The zero-order chi connectivity index (χ0) is 26.8. The third kappa shape index (κ3) is 5.08. The predicted octanol–water partition coefficient (Wildman–Crippen LogP) is 3.02. The van der Waals surface area contributed by atoms with E-state index in [1.807, 2.05) is 6.07 Å². The summed E-state index contributed by atoms with van der Waals surface area (Å²) in [6.07, 6.45) is 8.82. The van der Waals surface area contributed by atoms with Crippen molar-refractivity contribution in [3.63, 3.8) is 0 Å². The molecule has 1 saturated carbocycles. The number of fused-ring (bicyclic) bond motifs is 1. The second kappa shape index (κ2) is 9.83. The summed E-state index contributed by atoms with van der Waals surface area (Å²) >= 11 is 0. The van der Waals surface area contributed by atoms with Crippen molar-refractivity contribution in [2.24, 2.45) is 10.1 Å². The first-order valence-corrected chi connectivity index (χ1v) is 12.3. The third-order valence-corrected chi connectivity index (χ3v) is 6.57. The maximum atomic E-state index is 12.9. The first kappa shape index (κ1) is 24.0. The molecule has 0 spiro atoms. The molecule has 0 saturated heterocycles. The van der Waals surface area contributed by atoms with Gasteiger partial charge in [-0.15, -0.1) is 5.10 Å². The first-order chi connectivity index (χ1) is 19.0. The van der Waals surface area contributed by atoms with E-state index in [0.29, 0.717) is 40.8 Å². The van der Waals surface area contributed by atoms with Crippen LogP contribution in [0.4, 0.5) is 5.69 Å². The van der Waals surface area contributed by atoms with Crippen LogP contribution in [0.1, 0.15) is 39.1 Å². The number of nitrogens with zero attached hydrogens (tertiary/aromatic N) is 6. The molecule has 39 heavy (non-hydrogen) atoms. The maximum Gasteiger partial charge on any atom is 0.256 e. The minimum atomic E-state index is -0.486. The van der Waals surface area contributed by atoms with Crippen molar-refractivity contribution in [1.82, 2.24) is 20.3 Å². The van der Waals surface area contributed by atoms with E-state index in [1.165, 1.54) is 18.7 Å². The van der Waals surface area contributed by atoms with E-state index in [1.54, 1.807) is 59.6 Å². The highest BCUT2D eigenvalue weighted by Crippen LogP contribution is 2.47. The van der Waals surface area contributed by atoms with Gasteiger partial charge in [0.2, 0.25) is 5.90 Å². The van der Waals surface area contributed by atoms with E-state index in [0.717, 1.165) is 18.4 Å². The van der Waals surface area contributed by atoms with Crippen molar-refractivity contribution >= 4 is 29.2 Å². The van der Waals surface area contributed by atoms with E-state index in [2.05, 4.69) is 36.8 Å². The standard InChI is InChI=1S/C28H22N8O3/c29-16-28(9-10-28)20-4-1-3-18(11-20)26(37)32-21-5-2-6-22(12-21)39-25-8-7-24-33-23(15-36(24)35-25)34-27(38)19-13-30-17-31-14-19/h1-8,11-14,17,23H,9-10,15H2,(H,32,37)(H,34,38). The summed E-state index contributed by atoms with van der Waals surface area (Å²) in [6, 6.07) is 16.6. The number of ether oxygens (including phenoxy) is 1. The van der Waals surface area contributed by atoms with Crippen LogP contribution in [0.2, 0.25) is 0 Å². The molecule has 3 aromatic rings. The molecule has 0 radical (unpaired) electrons. The lowest BCUT2D eigenvalue weighted by atomic mass is 9.96. The van der Waals surface area contributed by atoms with Crippen LogP contribution in [0.15, 0.2) is 89.5 Å². The SMILES string of the molecule is N#CC1(c2cccc(C(=O)Nc3cccc(OC4=NN5CC(NC(=O)c6cncnc6)N=C5C=C4)c3)c2)CC1. The molecule has 11 nitrogen and oxygen atoms in total. The van der Waals surface area contributed by atoms with Crippen molar-refractivity contribution in [2.45, 2.75) is 24.4 Å². The van der Waals surface area contributed by atoms with Crippen LogP contribution in [0, 0.1) is 11.3 Å². The Labute approximate surface area is 223 Å². The van der Waals surface area contributed by atoms with Gasteiger partial charge in [-0.3, -0.25) is 9.59 Å². The lowest BCUT2D eigenvalue weighted by Gasteiger charge is -2.18. The molecular weight excluding hydrogens is 496 g/mol. The van der Waals surface area contributed by atoms with E-state index >= 15 is 0 Å². The van der Waals surface area contributed by atoms with Gasteiger partial charge in [0.05, 0.1) is 23.6 Å². The monoisotopic (exact) mass is 518 g/mol. The van der Waals surface area contributed by atoms with Gasteiger partial charge in [0.25, 0.3) is 11.8 Å². The van der Waals surface area contributed by atoms with Crippen LogP contribution >= 0.6 is 0 Å². The molecule has 2 amide bonds. The predicted molar refractivity (Wildman–Crippen MR) is 142 cm³/mol. The quantitative estimate of drug-likeness (QED) is 0.510. The number of amides is 2. The number of rotatable bonds is 6. The van der Waals surface area contributed by atoms with Crippen LogP contribution in [0.3, 0.4) is 0 Å². The fraction of sp³-hybridized carbons (Fsp3) is 0.179. The number of aromatic nitrogens is 2. The number of anilines is 1. The Morgan fingerprint density at radius 2 is 1.85 bits per heavy atom. The topological polar surface area (TPSA) is 145 Å². The van der Waals surface area contributed by atoms with Crippen LogP contribution in [-0.4, -0.2) is 51.2 Å². The van der Waals surface area contributed by atoms with Crippen molar-refractivity contribution in [1.29, 1.82) is 5.26 Å². The highest BCUT2D eigenvalue weighted by Gasteiger charge is 2.45. The van der Waals surface area contributed by atoms with Gasteiger partial charge in [0, 0.05) is 35.8 Å². The van der Waals surface area contributed by atoms with Gasteiger partial charge in [-0.25, -0.2) is 20.0 Å². The number of hydrazone groups is 1. The molecule has 1 unspecified atom stereocenters. The Morgan fingerprint density at radius 3 is 2.64 bits per heavy atom. The summed E-state index contributed by atoms with van der Waals surface area (Å²) < 4.78 is 5.94. The van der Waals surface area contributed by atoms with Crippen LogP contribution < -0.4 is 15.4 Å². The minimum absolute atomic E-state index is 0.272. The Morgan fingerprint density at radius 1 is 1.03 bits per heavy atom. The lowest BCUT2D eigenvalue weighted by Crippen LogP contribution is -2.37. The van der Waals surface area contributed by atoms with Gasteiger partial charge in [0.1, 0.15) is 24.1 Å². The number of nitriles is 1. The zero-order valence-corrected chi connectivity index (χ0v) is 20.6. The molecule has 1 fully saturated rings. The third-order valence-electron chi connectivity index (χ3n) is 6.57. The Balaban J connectivity index is 1.08. The summed E-state index contributed by atoms with van der Waals surface area (Å²) in [5.41, 5.74) is 1.81. The van der Waals surface area contributed by atoms with Crippen molar-refractivity contribution in [3.8, 4) is 11.8 Å². The zero-order valence-electron chi connectivity index (χ0n) is 20.6. The molecule has 0 bridgehead atoms. The number of aliphatic imine (C=N–C) groups is 1. The van der Waals surface area contributed by atoms with Gasteiger partial charge < -0.3 is 15.4 Å². The summed E-state index contributed by atoms with van der Waals surface area (Å²) in [5.74, 6) is 0.826. The number of hydrogen-bond donors (Lipinski definition) is 2. The molecule has 2 aliphatic heterocycles. The largest absolute Gasteiger partial charge is 0.438 e. The minimum Gasteiger partial charge on any atom is -0.438 e. The molecule has 1 aliphatic carbocycles. The smallest absolute Gasteiger partial charge is 0.256 e. The van der Waals surface area contributed by atoms with Gasteiger partial charge in [-0.05, 0) is 48.7 Å². The summed E-state index contributed by atoms with van der Waals surface area (Å²) in [7, 11) is 0. The molecule has 192 valence electrons. The highest BCUT2D eigenvalue weighted by atomic mass is 16.5. The molecule has 2 N–H and O–H groups in total. The van der Waals surface area contributed by atoms with Crippen molar-refractivity contribution in [3.05, 3.63) is 96.1 Å². The fourth-order valence-electron chi connectivity index (χ4n) is 4.34. The summed E-state index contributed by atoms with van der Waals surface area (Å²) in [4.78, 5) is 37.5. The number of amidine groups is 1. The Bertz CT molecular complexity index is 1590. The normalized spacial score (nSPS) is 18.2. The average Bonchev–Trinajstić information content (AvgIpc) is 3.67. The molecule has 3 heterocycles. The lowest BCUT2D eigenvalue weighted by molar-refractivity contribution is 0.0935. The van der Waals surface area contributed by atoms with E-state index in [4.69, 9.17) is 4.74 Å². The van der Waals surface area contributed by atoms with Gasteiger partial charge in [0.15, 0.2) is 0 Å². The average molecular weight is 519 g/mol. The summed E-state index contributed by atoms with van der Waals surface area (Å²) in [6.45, 7) is 0.341. The van der Waals surface area contributed by atoms with Crippen molar-refractivity contribution in [2.75, 3.05) is 11.9 Å². The van der Waals surface area contributed by atoms with Gasteiger partial charge in [-0.1, -0.05) is 18.2 Å². The Kier molecular flexibility index (Phi) is 6.05. The second-order valence-corrected chi connectivity index (χ2v) is 9.32. The van der Waals surface area contributed by atoms with E-state index < -0.39 is 11.6 Å². The highest BCUT2D eigenvalue weighted by molar-refractivity contribution is 6.05. The second-order valence-electron chi connectivity index (χ2n) is 9.32. The molecule has 1 atom stereocenters. The summed E-state index contributed by atoms with van der Waals surface area (Å²) in [5, 5.41) is 21.3.